The van der Waals surface area contributed by atoms with Crippen molar-refractivity contribution in [1.29, 1.82) is 0 Å². The number of anilines is 2. The summed E-state index contributed by atoms with van der Waals surface area (Å²) in [6.07, 6.45) is 2.07. The molecule has 0 spiro atoms. The van der Waals surface area contributed by atoms with Gasteiger partial charge >= 0.3 is 5.63 Å². The molecule has 4 heteroatoms. The lowest BCUT2D eigenvalue weighted by molar-refractivity contribution is 0.549. The quantitative estimate of drug-likeness (QED) is 0.244. The predicted molar refractivity (Wildman–Crippen MR) is 129 cm³/mol. The van der Waals surface area contributed by atoms with E-state index in [1.54, 1.807) is 11.8 Å². The molecule has 31 heavy (non-hydrogen) atoms. The SMILES string of the molecule is CSc1ccc([C@@H]2c3c(c4ccccc4oc3=O)Nc3ccc4ccccc4c32)cc1. The summed E-state index contributed by atoms with van der Waals surface area (Å²) >= 11 is 1.71. The topological polar surface area (TPSA) is 42.2 Å². The minimum atomic E-state index is -0.293. The standard InChI is InChI=1S/C27H19NO2S/c1-31-18-13-10-17(11-14-18)23-24-19-7-3-2-6-16(19)12-15-21(24)28-26-20-8-4-5-9-22(20)30-27(29)25(23)26/h2-15,23,28H,1H3/t23-/m0/s1. The van der Waals surface area contributed by atoms with Gasteiger partial charge in [0.1, 0.15) is 5.58 Å². The highest BCUT2D eigenvalue weighted by atomic mass is 32.2. The summed E-state index contributed by atoms with van der Waals surface area (Å²) in [4.78, 5) is 14.5. The first-order valence-corrected chi connectivity index (χ1v) is 11.5. The fourth-order valence-electron chi connectivity index (χ4n) is 4.69. The molecule has 4 aromatic carbocycles. The molecule has 5 aromatic rings. The summed E-state index contributed by atoms with van der Waals surface area (Å²) in [5.41, 5.74) is 5.04. The van der Waals surface area contributed by atoms with Crippen molar-refractivity contribution in [2.45, 2.75) is 10.8 Å². The Morgan fingerprint density at radius 1 is 0.806 bits per heavy atom. The van der Waals surface area contributed by atoms with Crippen LogP contribution >= 0.6 is 11.8 Å². The third-order valence-electron chi connectivity index (χ3n) is 6.11. The molecular formula is C27H19NO2S. The van der Waals surface area contributed by atoms with Crippen molar-refractivity contribution in [2.75, 3.05) is 11.6 Å². The summed E-state index contributed by atoms with van der Waals surface area (Å²) in [5.74, 6) is -0.214. The van der Waals surface area contributed by atoms with Gasteiger partial charge in [-0.2, -0.15) is 0 Å². The summed E-state index contributed by atoms with van der Waals surface area (Å²) in [6.45, 7) is 0. The van der Waals surface area contributed by atoms with Gasteiger partial charge in [-0.05, 0) is 58.5 Å². The van der Waals surface area contributed by atoms with E-state index >= 15 is 0 Å². The van der Waals surface area contributed by atoms with E-state index < -0.39 is 0 Å². The first-order chi connectivity index (χ1) is 15.2. The fraction of sp³-hybridized carbons (Fsp3) is 0.0741. The Hall–Kier alpha value is -3.50. The third kappa shape index (κ3) is 2.79. The zero-order valence-corrected chi connectivity index (χ0v) is 17.7. The van der Waals surface area contributed by atoms with Crippen LogP contribution in [-0.4, -0.2) is 6.26 Å². The van der Waals surface area contributed by atoms with Crippen LogP contribution in [0.2, 0.25) is 0 Å². The van der Waals surface area contributed by atoms with Crippen LogP contribution in [0.25, 0.3) is 21.7 Å². The smallest absolute Gasteiger partial charge is 0.342 e. The first kappa shape index (κ1) is 18.3. The molecule has 6 rings (SSSR count). The Kier molecular flexibility index (Phi) is 4.15. The monoisotopic (exact) mass is 421 g/mol. The first-order valence-electron chi connectivity index (χ1n) is 10.2. The number of nitrogens with one attached hydrogen (secondary N) is 1. The van der Waals surface area contributed by atoms with Crippen LogP contribution < -0.4 is 10.9 Å². The van der Waals surface area contributed by atoms with Crippen LogP contribution in [0.15, 0.2) is 99.0 Å². The van der Waals surface area contributed by atoms with Gasteiger partial charge in [0.25, 0.3) is 0 Å². The number of hydrogen-bond donors (Lipinski definition) is 1. The summed E-state index contributed by atoms with van der Waals surface area (Å²) in [6, 6.07) is 28.8. The molecule has 0 amide bonds. The maximum Gasteiger partial charge on any atom is 0.342 e. The minimum absolute atomic E-state index is 0.214. The number of rotatable bonds is 2. The summed E-state index contributed by atoms with van der Waals surface area (Å²) < 4.78 is 5.78. The van der Waals surface area contributed by atoms with Gasteiger partial charge < -0.3 is 9.73 Å². The van der Waals surface area contributed by atoms with E-state index in [1.165, 1.54) is 4.90 Å². The summed E-state index contributed by atoms with van der Waals surface area (Å²) in [5, 5.41) is 6.79. The molecule has 1 atom stereocenters. The molecule has 0 aliphatic carbocycles. The van der Waals surface area contributed by atoms with E-state index in [2.05, 4.69) is 66.2 Å². The van der Waals surface area contributed by atoms with E-state index in [4.69, 9.17) is 4.42 Å². The lowest BCUT2D eigenvalue weighted by atomic mass is 9.79. The van der Waals surface area contributed by atoms with E-state index in [9.17, 15) is 4.79 Å². The highest BCUT2D eigenvalue weighted by molar-refractivity contribution is 7.98. The second kappa shape index (κ2) is 7.03. The molecule has 150 valence electrons. The molecule has 1 aliphatic rings. The maximum absolute atomic E-state index is 13.3. The molecule has 2 heterocycles. The van der Waals surface area contributed by atoms with Gasteiger partial charge in [-0.15, -0.1) is 11.8 Å². The molecule has 0 bridgehead atoms. The van der Waals surface area contributed by atoms with Gasteiger partial charge in [0.05, 0.1) is 11.3 Å². The van der Waals surface area contributed by atoms with Gasteiger partial charge in [-0.25, -0.2) is 4.79 Å². The maximum atomic E-state index is 13.3. The van der Waals surface area contributed by atoms with Crippen molar-refractivity contribution in [3.05, 3.63) is 112 Å². The van der Waals surface area contributed by atoms with Gasteiger partial charge in [0, 0.05) is 21.9 Å². The third-order valence-corrected chi connectivity index (χ3v) is 6.85. The highest BCUT2D eigenvalue weighted by Crippen LogP contribution is 2.48. The molecule has 0 unspecified atom stereocenters. The van der Waals surface area contributed by atoms with Crippen LogP contribution in [0.3, 0.4) is 0 Å². The fourth-order valence-corrected chi connectivity index (χ4v) is 5.09. The number of thioether (sulfide) groups is 1. The van der Waals surface area contributed by atoms with E-state index in [1.807, 2.05) is 30.3 Å². The molecule has 1 aromatic heterocycles. The molecule has 0 radical (unpaired) electrons. The second-order valence-electron chi connectivity index (χ2n) is 7.75. The van der Waals surface area contributed by atoms with E-state index in [0.717, 1.165) is 38.7 Å². The van der Waals surface area contributed by atoms with Crippen molar-refractivity contribution >= 4 is 44.9 Å². The van der Waals surface area contributed by atoms with Gasteiger partial charge in [-0.1, -0.05) is 54.6 Å². The van der Waals surface area contributed by atoms with Crippen LogP contribution in [0.1, 0.15) is 22.6 Å². The largest absolute Gasteiger partial charge is 0.422 e. The zero-order valence-electron chi connectivity index (χ0n) is 16.9. The Balaban J connectivity index is 1.73. The van der Waals surface area contributed by atoms with Crippen molar-refractivity contribution < 1.29 is 4.42 Å². The second-order valence-corrected chi connectivity index (χ2v) is 8.63. The van der Waals surface area contributed by atoms with Crippen LogP contribution in [-0.2, 0) is 0 Å². The Labute approximate surface area is 183 Å². The van der Waals surface area contributed by atoms with E-state index in [0.29, 0.717) is 11.1 Å². The molecule has 1 aliphatic heterocycles. The van der Waals surface area contributed by atoms with Crippen molar-refractivity contribution in [3.8, 4) is 0 Å². The molecule has 3 nitrogen and oxygen atoms in total. The zero-order chi connectivity index (χ0) is 20.9. The Morgan fingerprint density at radius 2 is 1.55 bits per heavy atom. The lowest BCUT2D eigenvalue weighted by Gasteiger charge is -2.30. The molecule has 1 N–H and O–H groups in total. The normalized spacial score (nSPS) is 14.8. The average molecular weight is 422 g/mol. The molecular weight excluding hydrogens is 402 g/mol. The Bertz CT molecular complexity index is 1520. The lowest BCUT2D eigenvalue weighted by Crippen LogP contribution is -2.22. The van der Waals surface area contributed by atoms with Crippen LogP contribution in [0, 0.1) is 0 Å². The molecule has 0 fully saturated rings. The van der Waals surface area contributed by atoms with Gasteiger partial charge in [0.2, 0.25) is 0 Å². The van der Waals surface area contributed by atoms with Crippen molar-refractivity contribution in [2.24, 2.45) is 0 Å². The van der Waals surface area contributed by atoms with Crippen molar-refractivity contribution in [1.82, 2.24) is 0 Å². The predicted octanol–water partition coefficient (Wildman–Crippen LogP) is 6.91. The van der Waals surface area contributed by atoms with Gasteiger partial charge in [0.15, 0.2) is 0 Å². The summed E-state index contributed by atoms with van der Waals surface area (Å²) in [7, 11) is 0. The van der Waals surface area contributed by atoms with Gasteiger partial charge in [-0.3, -0.25) is 0 Å². The number of benzene rings is 4. The molecule has 0 saturated heterocycles. The van der Waals surface area contributed by atoms with Crippen LogP contribution in [0.5, 0.6) is 0 Å². The van der Waals surface area contributed by atoms with Crippen molar-refractivity contribution in [3.63, 3.8) is 0 Å². The Morgan fingerprint density at radius 3 is 2.35 bits per heavy atom. The average Bonchev–Trinajstić information content (AvgIpc) is 2.83. The highest BCUT2D eigenvalue weighted by Gasteiger charge is 2.33. The molecule has 0 saturated carbocycles. The number of hydrogen-bond acceptors (Lipinski definition) is 4. The number of para-hydroxylation sites is 1. The number of fused-ring (bicyclic) bond motifs is 6. The van der Waals surface area contributed by atoms with E-state index in [-0.39, 0.29) is 11.5 Å². The van der Waals surface area contributed by atoms with Crippen LogP contribution in [0.4, 0.5) is 11.4 Å². The minimum Gasteiger partial charge on any atom is -0.422 e.